The lowest BCUT2D eigenvalue weighted by molar-refractivity contribution is -0.393. The Kier molecular flexibility index (Phi) is 3.99. The minimum Gasteiger partial charge on any atom is -0.267 e. The number of benzene rings is 2. The highest BCUT2D eigenvalue weighted by Gasteiger charge is 2.31. The highest BCUT2D eigenvalue weighted by atomic mass is 32.1. The van der Waals surface area contributed by atoms with Crippen LogP contribution >= 0.6 is 11.5 Å². The standard InChI is InChI=1S/C14H6F3N3O5S/c15-14(16,17)7-2-1-3-8(4-7)18-13(21)12-10(20(24)25)5-9(19(22)23)6-11(12)26-18/h1-6H. The number of alkyl halides is 3. The number of nitro groups is 2. The van der Waals surface area contributed by atoms with Crippen LogP contribution < -0.4 is 5.56 Å². The molecule has 1 heterocycles. The number of rotatable bonds is 3. The van der Waals surface area contributed by atoms with Crippen molar-refractivity contribution in [2.45, 2.75) is 6.18 Å². The maximum absolute atomic E-state index is 12.9. The average Bonchev–Trinajstić information content (AvgIpc) is 2.90. The summed E-state index contributed by atoms with van der Waals surface area (Å²) in [4.78, 5) is 32.8. The van der Waals surface area contributed by atoms with Crippen LogP contribution in [0.2, 0.25) is 0 Å². The maximum Gasteiger partial charge on any atom is 0.416 e. The van der Waals surface area contributed by atoms with E-state index in [1.54, 1.807) is 0 Å². The van der Waals surface area contributed by atoms with Crippen LogP contribution in [0.5, 0.6) is 0 Å². The molecule has 3 rings (SSSR count). The molecule has 0 fully saturated rings. The fourth-order valence-electron chi connectivity index (χ4n) is 2.34. The van der Waals surface area contributed by atoms with Crippen LogP contribution in [0.25, 0.3) is 15.8 Å². The summed E-state index contributed by atoms with van der Waals surface area (Å²) in [6.45, 7) is 0. The molecule has 0 saturated heterocycles. The Morgan fingerprint density at radius 1 is 1.04 bits per heavy atom. The third-order valence-electron chi connectivity index (χ3n) is 3.47. The van der Waals surface area contributed by atoms with Crippen molar-refractivity contribution in [1.29, 1.82) is 0 Å². The van der Waals surface area contributed by atoms with Gasteiger partial charge in [0.15, 0.2) is 0 Å². The monoisotopic (exact) mass is 385 g/mol. The van der Waals surface area contributed by atoms with E-state index in [9.17, 15) is 38.2 Å². The third kappa shape index (κ3) is 2.90. The highest BCUT2D eigenvalue weighted by Crippen LogP contribution is 2.34. The first-order chi connectivity index (χ1) is 12.1. The zero-order valence-electron chi connectivity index (χ0n) is 12.4. The average molecular weight is 385 g/mol. The Labute approximate surface area is 145 Å². The van der Waals surface area contributed by atoms with E-state index < -0.39 is 43.9 Å². The maximum atomic E-state index is 12.9. The van der Waals surface area contributed by atoms with Gasteiger partial charge in [-0.25, -0.2) is 3.96 Å². The van der Waals surface area contributed by atoms with Crippen molar-refractivity contribution < 1.29 is 23.0 Å². The van der Waals surface area contributed by atoms with E-state index in [1.807, 2.05) is 0 Å². The summed E-state index contributed by atoms with van der Waals surface area (Å²) in [6, 6.07) is 5.47. The predicted molar refractivity (Wildman–Crippen MR) is 85.7 cm³/mol. The van der Waals surface area contributed by atoms with E-state index in [4.69, 9.17) is 0 Å². The lowest BCUT2D eigenvalue weighted by atomic mass is 10.2. The molecule has 0 aliphatic heterocycles. The molecule has 0 atom stereocenters. The van der Waals surface area contributed by atoms with Crippen LogP contribution in [0.3, 0.4) is 0 Å². The summed E-state index contributed by atoms with van der Waals surface area (Å²) in [5.41, 5.74) is -3.45. The molecule has 0 saturated carbocycles. The second-order valence-electron chi connectivity index (χ2n) is 5.09. The van der Waals surface area contributed by atoms with E-state index in [1.165, 1.54) is 6.07 Å². The molecular formula is C14H6F3N3O5S. The Balaban J connectivity index is 2.32. The van der Waals surface area contributed by atoms with Gasteiger partial charge >= 0.3 is 6.18 Å². The van der Waals surface area contributed by atoms with Crippen molar-refractivity contribution in [3.8, 4) is 5.69 Å². The Bertz CT molecular complexity index is 1120. The van der Waals surface area contributed by atoms with Crippen LogP contribution in [-0.4, -0.2) is 13.8 Å². The van der Waals surface area contributed by atoms with E-state index >= 15 is 0 Å². The molecule has 0 amide bonds. The van der Waals surface area contributed by atoms with Gasteiger partial charge in [0, 0.05) is 6.07 Å². The Hall–Kier alpha value is -3.28. The van der Waals surface area contributed by atoms with Crippen LogP contribution in [0.4, 0.5) is 24.5 Å². The van der Waals surface area contributed by atoms with Crippen molar-refractivity contribution in [3.63, 3.8) is 0 Å². The summed E-state index contributed by atoms with van der Waals surface area (Å²) >= 11 is 0.587. The lowest BCUT2D eigenvalue weighted by Crippen LogP contribution is -2.13. The summed E-state index contributed by atoms with van der Waals surface area (Å²) < 4.78 is 39.3. The molecule has 3 aromatic rings. The molecule has 26 heavy (non-hydrogen) atoms. The van der Waals surface area contributed by atoms with Crippen molar-refractivity contribution in [3.05, 3.63) is 72.5 Å². The fourth-order valence-corrected chi connectivity index (χ4v) is 3.39. The van der Waals surface area contributed by atoms with E-state index in [0.29, 0.717) is 17.6 Å². The molecule has 0 aliphatic rings. The van der Waals surface area contributed by atoms with E-state index in [-0.39, 0.29) is 10.4 Å². The topological polar surface area (TPSA) is 108 Å². The number of nitrogens with zero attached hydrogens (tertiary/aromatic N) is 3. The van der Waals surface area contributed by atoms with Gasteiger partial charge in [-0.3, -0.25) is 25.0 Å². The Morgan fingerprint density at radius 2 is 1.73 bits per heavy atom. The number of nitro benzene ring substituents is 2. The zero-order valence-corrected chi connectivity index (χ0v) is 13.2. The Morgan fingerprint density at radius 3 is 2.31 bits per heavy atom. The minimum absolute atomic E-state index is 0.0756. The highest BCUT2D eigenvalue weighted by molar-refractivity contribution is 7.14. The van der Waals surface area contributed by atoms with Crippen LogP contribution in [0.1, 0.15) is 5.56 Å². The number of fused-ring (bicyclic) bond motifs is 1. The predicted octanol–water partition coefficient (Wildman–Crippen LogP) is 3.89. The van der Waals surface area contributed by atoms with E-state index in [2.05, 4.69) is 0 Å². The number of aromatic nitrogens is 1. The lowest BCUT2D eigenvalue weighted by Gasteiger charge is -2.08. The van der Waals surface area contributed by atoms with Crippen LogP contribution in [0, 0.1) is 20.2 Å². The molecule has 8 nitrogen and oxygen atoms in total. The van der Waals surface area contributed by atoms with Crippen LogP contribution in [0.15, 0.2) is 41.2 Å². The summed E-state index contributed by atoms with van der Waals surface area (Å²) in [6.07, 6.45) is -4.64. The molecule has 134 valence electrons. The number of hydrogen-bond acceptors (Lipinski definition) is 6. The molecule has 12 heteroatoms. The molecule has 0 spiro atoms. The summed E-state index contributed by atoms with van der Waals surface area (Å²) in [5, 5.41) is 21.7. The molecule has 0 unspecified atom stereocenters. The molecule has 2 aromatic carbocycles. The van der Waals surface area contributed by atoms with Crippen molar-refractivity contribution in [2.75, 3.05) is 0 Å². The second-order valence-corrected chi connectivity index (χ2v) is 6.08. The van der Waals surface area contributed by atoms with Gasteiger partial charge < -0.3 is 0 Å². The number of halogens is 3. The summed E-state index contributed by atoms with van der Waals surface area (Å²) in [7, 11) is 0. The van der Waals surface area contributed by atoms with Crippen molar-refractivity contribution in [1.82, 2.24) is 3.96 Å². The first-order valence-electron chi connectivity index (χ1n) is 6.76. The minimum atomic E-state index is -4.64. The van der Waals surface area contributed by atoms with Crippen molar-refractivity contribution in [2.24, 2.45) is 0 Å². The summed E-state index contributed by atoms with van der Waals surface area (Å²) in [5.74, 6) is 0. The van der Waals surface area contributed by atoms with E-state index in [0.717, 1.165) is 28.2 Å². The fraction of sp³-hybridized carbons (Fsp3) is 0.0714. The van der Waals surface area contributed by atoms with Gasteiger partial charge in [0.05, 0.1) is 31.9 Å². The normalized spacial score (nSPS) is 11.7. The molecular weight excluding hydrogens is 379 g/mol. The van der Waals surface area contributed by atoms with Gasteiger partial charge in [0.25, 0.3) is 16.9 Å². The van der Waals surface area contributed by atoms with Crippen molar-refractivity contribution >= 4 is 33.0 Å². The van der Waals surface area contributed by atoms with Gasteiger partial charge in [-0.05, 0) is 18.2 Å². The largest absolute Gasteiger partial charge is 0.416 e. The zero-order chi connectivity index (χ0) is 19.2. The molecule has 0 aliphatic carbocycles. The van der Waals surface area contributed by atoms with Gasteiger partial charge in [-0.2, -0.15) is 13.2 Å². The van der Waals surface area contributed by atoms with Gasteiger partial charge in [-0.1, -0.05) is 17.6 Å². The molecule has 0 bridgehead atoms. The first-order valence-corrected chi connectivity index (χ1v) is 7.53. The van der Waals surface area contributed by atoms with Gasteiger partial charge in [0.1, 0.15) is 5.39 Å². The SMILES string of the molecule is O=c1c2c([N+](=O)[O-])cc([N+](=O)[O-])cc2sn1-c1cccc(C(F)(F)F)c1. The molecule has 0 radical (unpaired) electrons. The third-order valence-corrected chi connectivity index (χ3v) is 4.55. The number of non-ortho nitro benzene ring substituents is 2. The smallest absolute Gasteiger partial charge is 0.267 e. The second kappa shape index (κ2) is 5.91. The first kappa shape index (κ1) is 17.5. The number of hydrogen-bond donors (Lipinski definition) is 0. The molecule has 0 N–H and O–H groups in total. The quantitative estimate of drug-likeness (QED) is 0.502. The van der Waals surface area contributed by atoms with Gasteiger partial charge in [-0.15, -0.1) is 0 Å². The van der Waals surface area contributed by atoms with Crippen LogP contribution in [-0.2, 0) is 6.18 Å². The van der Waals surface area contributed by atoms with Gasteiger partial charge in [0.2, 0.25) is 0 Å². The molecule has 1 aromatic heterocycles.